The number of rotatable bonds is 5. The van der Waals surface area contributed by atoms with Crippen LogP contribution in [0.5, 0.6) is 0 Å². The number of hydrogen-bond donors (Lipinski definition) is 1. The van der Waals surface area contributed by atoms with Crippen LogP contribution in [0.4, 0.5) is 19.0 Å². The normalized spacial score (nSPS) is 16.6. The Morgan fingerprint density at radius 2 is 2.07 bits per heavy atom. The van der Waals surface area contributed by atoms with Crippen LogP contribution >= 0.6 is 0 Å². The van der Waals surface area contributed by atoms with E-state index in [4.69, 9.17) is 0 Å². The van der Waals surface area contributed by atoms with Crippen LogP contribution in [-0.4, -0.2) is 70.7 Å². The van der Waals surface area contributed by atoms with Crippen LogP contribution < -0.4 is 10.2 Å². The standard InChI is InChI=1S/C16H22F3N7O/c1-20-13(27)9-25-5-3-11(4-6-25)8-24(2)14-7-12(16(17,18)19)23-15-21-10-22-26(14)15/h7,10-11H,3-6,8-9H2,1-2H3,(H,20,27). The lowest BCUT2D eigenvalue weighted by atomic mass is 9.96. The Morgan fingerprint density at radius 3 is 2.70 bits per heavy atom. The van der Waals surface area contributed by atoms with Crippen LogP contribution in [0, 0.1) is 5.92 Å². The number of carbonyl (C=O) groups excluding carboxylic acids is 1. The third-order valence-corrected chi connectivity index (χ3v) is 4.80. The van der Waals surface area contributed by atoms with E-state index in [0.717, 1.165) is 32.0 Å². The number of likely N-dealkylation sites (tertiary alicyclic amines) is 1. The van der Waals surface area contributed by atoms with E-state index in [-0.39, 0.29) is 11.7 Å². The Labute approximate surface area is 154 Å². The zero-order chi connectivity index (χ0) is 19.6. The van der Waals surface area contributed by atoms with Gasteiger partial charge in [0.15, 0.2) is 5.69 Å². The van der Waals surface area contributed by atoms with Crippen molar-refractivity contribution in [1.29, 1.82) is 0 Å². The maximum Gasteiger partial charge on any atom is 0.433 e. The summed E-state index contributed by atoms with van der Waals surface area (Å²) in [6, 6.07) is 1.00. The molecule has 0 unspecified atom stereocenters. The van der Waals surface area contributed by atoms with E-state index in [1.165, 1.54) is 10.8 Å². The molecule has 1 aliphatic rings. The molecular weight excluding hydrogens is 363 g/mol. The number of aromatic nitrogens is 4. The van der Waals surface area contributed by atoms with Gasteiger partial charge in [-0.25, -0.2) is 4.98 Å². The fraction of sp³-hybridized carbons (Fsp3) is 0.625. The van der Waals surface area contributed by atoms with Gasteiger partial charge >= 0.3 is 6.18 Å². The number of carbonyl (C=O) groups is 1. The third-order valence-electron chi connectivity index (χ3n) is 4.80. The molecule has 27 heavy (non-hydrogen) atoms. The van der Waals surface area contributed by atoms with Crippen molar-refractivity contribution in [2.75, 3.05) is 45.2 Å². The van der Waals surface area contributed by atoms with E-state index in [0.29, 0.717) is 24.8 Å². The number of fused-ring (bicyclic) bond motifs is 1. The largest absolute Gasteiger partial charge is 0.433 e. The van der Waals surface area contributed by atoms with Gasteiger partial charge in [0.1, 0.15) is 12.1 Å². The first-order chi connectivity index (χ1) is 12.8. The van der Waals surface area contributed by atoms with Crippen LogP contribution in [0.1, 0.15) is 18.5 Å². The highest BCUT2D eigenvalue weighted by molar-refractivity contribution is 5.77. The number of likely N-dealkylation sites (N-methyl/N-ethyl adjacent to an activating group) is 1. The van der Waals surface area contributed by atoms with Crippen LogP contribution in [0.25, 0.3) is 5.78 Å². The molecule has 3 rings (SSSR count). The molecule has 2 aromatic heterocycles. The number of piperidine rings is 1. The average molecular weight is 385 g/mol. The van der Waals surface area contributed by atoms with E-state index in [2.05, 4.69) is 25.3 Å². The van der Waals surface area contributed by atoms with E-state index in [9.17, 15) is 18.0 Å². The second kappa shape index (κ2) is 7.67. The molecule has 0 aromatic carbocycles. The second-order valence-corrected chi connectivity index (χ2v) is 6.74. The van der Waals surface area contributed by atoms with Crippen LogP contribution in [-0.2, 0) is 11.0 Å². The minimum atomic E-state index is -4.55. The molecule has 0 aliphatic carbocycles. The van der Waals surface area contributed by atoms with Gasteiger partial charge in [-0.1, -0.05) is 0 Å². The Balaban J connectivity index is 1.69. The smallest absolute Gasteiger partial charge is 0.359 e. The summed E-state index contributed by atoms with van der Waals surface area (Å²) in [5.41, 5.74) is -0.981. The molecular formula is C16H22F3N7O. The van der Waals surface area contributed by atoms with Gasteiger partial charge in [-0.2, -0.15) is 27.8 Å². The first kappa shape index (κ1) is 19.3. The molecule has 1 amide bonds. The molecule has 8 nitrogen and oxygen atoms in total. The molecule has 148 valence electrons. The lowest BCUT2D eigenvalue weighted by Gasteiger charge is -2.34. The molecule has 1 saturated heterocycles. The lowest BCUT2D eigenvalue weighted by molar-refractivity contribution is -0.141. The molecule has 0 spiro atoms. The molecule has 0 atom stereocenters. The van der Waals surface area contributed by atoms with Crippen molar-refractivity contribution in [1.82, 2.24) is 29.8 Å². The number of anilines is 1. The highest BCUT2D eigenvalue weighted by Crippen LogP contribution is 2.31. The molecule has 3 heterocycles. The Bertz CT molecular complexity index is 799. The van der Waals surface area contributed by atoms with Gasteiger partial charge in [-0.3, -0.25) is 9.69 Å². The zero-order valence-electron chi connectivity index (χ0n) is 15.2. The summed E-state index contributed by atoms with van der Waals surface area (Å²) in [5.74, 6) is 0.525. The summed E-state index contributed by atoms with van der Waals surface area (Å²) < 4.78 is 40.7. The van der Waals surface area contributed by atoms with Gasteiger partial charge in [0.2, 0.25) is 5.91 Å². The van der Waals surface area contributed by atoms with E-state index >= 15 is 0 Å². The molecule has 1 aliphatic heterocycles. The predicted octanol–water partition coefficient (Wildman–Crippen LogP) is 1.04. The zero-order valence-corrected chi connectivity index (χ0v) is 15.2. The number of amides is 1. The van der Waals surface area contributed by atoms with Gasteiger partial charge < -0.3 is 10.2 Å². The fourth-order valence-electron chi connectivity index (χ4n) is 3.30. The predicted molar refractivity (Wildman–Crippen MR) is 92.3 cm³/mol. The van der Waals surface area contributed by atoms with Crippen molar-refractivity contribution in [3.63, 3.8) is 0 Å². The van der Waals surface area contributed by atoms with E-state index in [1.54, 1.807) is 19.0 Å². The lowest BCUT2D eigenvalue weighted by Crippen LogP contribution is -2.42. The average Bonchev–Trinajstić information content (AvgIpc) is 3.10. The highest BCUT2D eigenvalue weighted by atomic mass is 19.4. The van der Waals surface area contributed by atoms with Gasteiger partial charge in [0, 0.05) is 26.7 Å². The molecule has 11 heteroatoms. The maximum atomic E-state index is 13.1. The van der Waals surface area contributed by atoms with Crippen molar-refractivity contribution in [2.24, 2.45) is 5.92 Å². The van der Waals surface area contributed by atoms with E-state index in [1.807, 2.05) is 0 Å². The summed E-state index contributed by atoms with van der Waals surface area (Å²) in [6.45, 7) is 2.53. The molecule has 0 radical (unpaired) electrons. The molecule has 1 N–H and O–H groups in total. The number of nitrogens with zero attached hydrogens (tertiary/aromatic N) is 6. The number of nitrogens with one attached hydrogen (secondary N) is 1. The summed E-state index contributed by atoms with van der Waals surface area (Å²) in [5, 5.41) is 6.60. The van der Waals surface area contributed by atoms with Crippen molar-refractivity contribution < 1.29 is 18.0 Å². The Hall–Kier alpha value is -2.43. The van der Waals surface area contributed by atoms with E-state index < -0.39 is 11.9 Å². The third kappa shape index (κ3) is 4.46. The number of hydrogen-bond acceptors (Lipinski definition) is 6. The molecule has 0 saturated carbocycles. The van der Waals surface area contributed by atoms with Crippen molar-refractivity contribution >= 4 is 17.5 Å². The van der Waals surface area contributed by atoms with Gasteiger partial charge in [-0.15, -0.1) is 0 Å². The SMILES string of the molecule is CNC(=O)CN1CCC(CN(C)c2cc(C(F)(F)F)nc3ncnn23)CC1. The molecule has 2 aromatic rings. The van der Waals surface area contributed by atoms with Crippen LogP contribution in [0.15, 0.2) is 12.4 Å². The summed E-state index contributed by atoms with van der Waals surface area (Å²) in [4.78, 5) is 22.6. The molecule has 0 bridgehead atoms. The number of halogens is 3. The second-order valence-electron chi connectivity index (χ2n) is 6.74. The minimum absolute atomic E-state index is 0.0180. The van der Waals surface area contributed by atoms with Crippen LogP contribution in [0.2, 0.25) is 0 Å². The number of alkyl halides is 3. The van der Waals surface area contributed by atoms with Gasteiger partial charge in [0.05, 0.1) is 6.54 Å². The molecule has 1 fully saturated rings. The van der Waals surface area contributed by atoms with Crippen molar-refractivity contribution in [3.05, 3.63) is 18.1 Å². The highest BCUT2D eigenvalue weighted by Gasteiger charge is 2.34. The summed E-state index contributed by atoms with van der Waals surface area (Å²) >= 11 is 0. The monoisotopic (exact) mass is 385 g/mol. The van der Waals surface area contributed by atoms with Crippen LogP contribution in [0.3, 0.4) is 0 Å². The quantitative estimate of drug-likeness (QED) is 0.829. The minimum Gasteiger partial charge on any atom is -0.359 e. The van der Waals surface area contributed by atoms with Crippen molar-refractivity contribution in [3.8, 4) is 0 Å². The first-order valence-electron chi connectivity index (χ1n) is 8.70. The fourth-order valence-corrected chi connectivity index (χ4v) is 3.30. The van der Waals surface area contributed by atoms with Crippen molar-refractivity contribution in [2.45, 2.75) is 19.0 Å². The topological polar surface area (TPSA) is 78.7 Å². The van der Waals surface area contributed by atoms with Gasteiger partial charge in [0.25, 0.3) is 5.78 Å². The summed E-state index contributed by atoms with van der Waals surface area (Å²) in [6.07, 6.45) is -1.61. The Morgan fingerprint density at radius 1 is 1.37 bits per heavy atom. The summed E-state index contributed by atoms with van der Waals surface area (Å²) in [7, 11) is 3.35. The van der Waals surface area contributed by atoms with Gasteiger partial charge in [-0.05, 0) is 31.8 Å². The Kier molecular flexibility index (Phi) is 5.49. The first-order valence-corrected chi connectivity index (χ1v) is 8.70. The maximum absolute atomic E-state index is 13.1.